The number of hydrogen-bond donors (Lipinski definition) is 2. The smallest absolute Gasteiger partial charge is 0.146 e. The van der Waals surface area contributed by atoms with E-state index in [4.69, 9.17) is 5.11 Å². The molecule has 0 aliphatic carbocycles. The van der Waals surface area contributed by atoms with Gasteiger partial charge in [-0.2, -0.15) is 12.1 Å². The van der Waals surface area contributed by atoms with E-state index in [-0.39, 0.29) is 34.4 Å². The predicted octanol–water partition coefficient (Wildman–Crippen LogP) is 3.45. The molecule has 0 unspecified atom stereocenters. The number of benzene rings is 1. The molecular formula is C19H14FeO3-6. The zero-order valence-corrected chi connectivity index (χ0v) is 13.2. The Bertz CT molecular complexity index is 759. The van der Waals surface area contributed by atoms with Crippen LogP contribution in [0.3, 0.4) is 0 Å². The van der Waals surface area contributed by atoms with E-state index in [2.05, 4.69) is 11.8 Å². The second-order valence-corrected chi connectivity index (χ2v) is 4.42. The van der Waals surface area contributed by atoms with Crippen LogP contribution in [0, 0.1) is 11.8 Å². The minimum Gasteiger partial charge on any atom is -0.748 e. The fourth-order valence-corrected chi connectivity index (χ4v) is 1.67. The van der Waals surface area contributed by atoms with Gasteiger partial charge in [0.05, 0.1) is 5.56 Å². The van der Waals surface area contributed by atoms with Crippen LogP contribution in [0.5, 0.6) is 11.5 Å². The molecule has 0 radical (unpaired) electrons. The molecule has 0 amide bonds. The van der Waals surface area contributed by atoms with E-state index >= 15 is 0 Å². The molecule has 23 heavy (non-hydrogen) atoms. The molecule has 0 fully saturated rings. The first kappa shape index (κ1) is 18.3. The fourth-order valence-electron chi connectivity index (χ4n) is 1.67. The van der Waals surface area contributed by atoms with Crippen LogP contribution in [0.2, 0.25) is 0 Å². The summed E-state index contributed by atoms with van der Waals surface area (Å²) in [5.74, 6) is 4.50. The Morgan fingerprint density at radius 1 is 1.00 bits per heavy atom. The molecule has 0 aliphatic rings. The van der Waals surface area contributed by atoms with Gasteiger partial charge in [0.1, 0.15) is 17.3 Å². The van der Waals surface area contributed by atoms with Crippen molar-refractivity contribution in [3.8, 4) is 23.3 Å². The monoisotopic (exact) mass is 346 g/mol. The van der Waals surface area contributed by atoms with E-state index in [1.165, 1.54) is 18.2 Å². The van der Waals surface area contributed by atoms with Crippen molar-refractivity contribution < 1.29 is 32.1 Å². The Morgan fingerprint density at radius 2 is 1.57 bits per heavy atom. The van der Waals surface area contributed by atoms with E-state index in [9.17, 15) is 9.90 Å². The van der Waals surface area contributed by atoms with Gasteiger partial charge in [0.2, 0.25) is 0 Å². The summed E-state index contributed by atoms with van der Waals surface area (Å²) in [6.45, 7) is 0. The van der Waals surface area contributed by atoms with Gasteiger partial charge < -0.3 is 45.3 Å². The number of phenols is 2. The maximum absolute atomic E-state index is 11.6. The molecule has 3 aromatic rings. The fraction of sp³-hybridized carbons (Fsp3) is 0. The average molecular weight is 346 g/mol. The van der Waals surface area contributed by atoms with Gasteiger partial charge in [0.25, 0.3) is 0 Å². The Kier molecular flexibility index (Phi) is 7.42. The molecular weight excluding hydrogens is 332 g/mol. The van der Waals surface area contributed by atoms with Crippen LogP contribution in [-0.4, -0.2) is 16.0 Å². The Balaban J connectivity index is 0.000000377. The molecule has 0 bridgehead atoms. The number of carbonyl (C=O) groups excluding carboxylic acids is 1. The van der Waals surface area contributed by atoms with Crippen molar-refractivity contribution in [3.05, 3.63) is 83.9 Å². The van der Waals surface area contributed by atoms with Gasteiger partial charge in [-0.15, -0.1) is 24.0 Å². The Hall–Kier alpha value is -2.73. The number of Topliss-reactive ketones (excluding diaryl/α,β-unsaturated/α-hetero) is 1. The number of ketones is 1. The van der Waals surface area contributed by atoms with E-state index in [0.717, 1.165) is 0 Å². The molecule has 3 aromatic carbocycles. The van der Waals surface area contributed by atoms with Crippen LogP contribution in [0.25, 0.3) is 0 Å². The molecule has 0 atom stereocenters. The minimum absolute atomic E-state index is 0. The van der Waals surface area contributed by atoms with Gasteiger partial charge in [0.15, 0.2) is 0 Å². The molecule has 3 rings (SSSR count). The van der Waals surface area contributed by atoms with E-state index in [0.29, 0.717) is 11.1 Å². The summed E-state index contributed by atoms with van der Waals surface area (Å²) >= 11 is 0. The summed E-state index contributed by atoms with van der Waals surface area (Å²) in [4.78, 5) is 11.6. The SMILES string of the molecule is O=C(C#Cc1ccc(O)cc1O)[c-]1cccc1.[Fe].[cH-]1[cH-][cH-][cH-][cH-]1. The molecule has 0 heterocycles. The third-order valence-corrected chi connectivity index (χ3v) is 2.77. The summed E-state index contributed by atoms with van der Waals surface area (Å²) < 4.78 is 0. The maximum Gasteiger partial charge on any atom is 0.146 e. The third-order valence-electron chi connectivity index (χ3n) is 2.77. The van der Waals surface area contributed by atoms with Crippen LogP contribution in [0.4, 0.5) is 0 Å². The zero-order valence-electron chi connectivity index (χ0n) is 12.1. The quantitative estimate of drug-likeness (QED) is 0.307. The molecule has 4 heteroatoms. The van der Waals surface area contributed by atoms with Gasteiger partial charge in [-0.25, -0.2) is 0 Å². The van der Waals surface area contributed by atoms with E-state index in [1.807, 2.05) is 30.3 Å². The first-order valence-electron chi connectivity index (χ1n) is 6.63. The van der Waals surface area contributed by atoms with Crippen LogP contribution in [0.15, 0.2) is 72.8 Å². The van der Waals surface area contributed by atoms with Crippen molar-refractivity contribution >= 4 is 5.78 Å². The van der Waals surface area contributed by atoms with Crippen LogP contribution >= 0.6 is 0 Å². The van der Waals surface area contributed by atoms with Gasteiger partial charge in [-0.3, -0.25) is 0 Å². The number of hydrogen-bond acceptors (Lipinski definition) is 3. The van der Waals surface area contributed by atoms with E-state index < -0.39 is 0 Å². The number of phenolic OH excluding ortho intramolecular Hbond substituents is 2. The Labute approximate surface area is 145 Å². The summed E-state index contributed by atoms with van der Waals surface area (Å²) in [6, 6.07) is 20.9. The molecule has 2 N–H and O–H groups in total. The normalized spacial score (nSPS) is 8.70. The third kappa shape index (κ3) is 5.88. The molecule has 0 spiro atoms. The van der Waals surface area contributed by atoms with Crippen LogP contribution in [0.1, 0.15) is 15.9 Å². The van der Waals surface area contributed by atoms with Crippen LogP contribution < -0.4 is 0 Å². The molecule has 0 saturated carbocycles. The number of aromatic hydroxyl groups is 2. The second kappa shape index (κ2) is 9.32. The summed E-state index contributed by atoms with van der Waals surface area (Å²) in [6.07, 6.45) is 0. The average Bonchev–Trinajstić information content (AvgIpc) is 3.21. The zero-order chi connectivity index (χ0) is 15.8. The molecule has 3 nitrogen and oxygen atoms in total. The van der Waals surface area contributed by atoms with Crippen molar-refractivity contribution in [2.45, 2.75) is 0 Å². The van der Waals surface area contributed by atoms with Crippen molar-refractivity contribution in [2.24, 2.45) is 0 Å². The molecule has 0 saturated heterocycles. The Morgan fingerprint density at radius 3 is 2.09 bits per heavy atom. The summed E-state index contributed by atoms with van der Waals surface area (Å²) in [5, 5.41) is 18.6. The van der Waals surface area contributed by atoms with E-state index in [1.54, 1.807) is 24.3 Å². The molecule has 0 aliphatic heterocycles. The number of rotatable bonds is 1. The van der Waals surface area contributed by atoms with Gasteiger partial charge in [-0.05, 0) is 12.1 Å². The first-order chi connectivity index (χ1) is 10.7. The minimum atomic E-state index is -0.303. The van der Waals surface area contributed by atoms with Crippen molar-refractivity contribution in [1.82, 2.24) is 0 Å². The summed E-state index contributed by atoms with van der Waals surface area (Å²) in [5.41, 5.74) is 0.832. The second-order valence-electron chi connectivity index (χ2n) is 4.42. The standard InChI is InChI=1S/C14H9O3.C5H5.Fe/c15-12-7-5-11(14(17)9-12)6-8-13(16)10-3-1-2-4-10;1-2-4-5-3-1;/h1-5,7,9,15,17H;1-5H;/q-1;-5;. The van der Waals surface area contributed by atoms with Gasteiger partial charge in [0, 0.05) is 23.1 Å². The molecule has 0 aromatic heterocycles. The number of carbonyl (C=O) groups is 1. The van der Waals surface area contributed by atoms with Crippen molar-refractivity contribution in [1.29, 1.82) is 0 Å². The van der Waals surface area contributed by atoms with Crippen LogP contribution in [-0.2, 0) is 17.1 Å². The van der Waals surface area contributed by atoms with Crippen molar-refractivity contribution in [2.75, 3.05) is 0 Å². The summed E-state index contributed by atoms with van der Waals surface area (Å²) in [7, 11) is 0. The topological polar surface area (TPSA) is 57.5 Å². The van der Waals surface area contributed by atoms with Crippen molar-refractivity contribution in [3.63, 3.8) is 0 Å². The largest absolute Gasteiger partial charge is 0.748 e. The first-order valence-corrected chi connectivity index (χ1v) is 6.63. The van der Waals surface area contributed by atoms with Gasteiger partial charge in [-0.1, -0.05) is 5.56 Å². The predicted molar refractivity (Wildman–Crippen MR) is 85.1 cm³/mol. The maximum atomic E-state index is 11.6. The van der Waals surface area contributed by atoms with Gasteiger partial charge >= 0.3 is 0 Å². The molecule has 122 valence electrons.